The number of methoxy groups -OCH3 is 1. The average Bonchev–Trinajstić information content (AvgIpc) is 2.30. The quantitative estimate of drug-likeness (QED) is 0.927. The third-order valence-corrected chi connectivity index (χ3v) is 5.41. The Labute approximate surface area is 122 Å². The molecule has 1 aromatic carbocycles. The van der Waals surface area contributed by atoms with Gasteiger partial charge in [0.25, 0.3) is 0 Å². The fourth-order valence-corrected chi connectivity index (χ4v) is 3.70. The van der Waals surface area contributed by atoms with E-state index in [1.165, 1.54) is 7.11 Å². The largest absolute Gasteiger partial charge is 0.495 e. The topological polar surface area (TPSA) is 69.4 Å². The summed E-state index contributed by atoms with van der Waals surface area (Å²) in [7, 11) is -2.00. The average molecular weight is 299 g/mol. The molecule has 2 N–H and O–H groups in total. The van der Waals surface area contributed by atoms with E-state index in [0.29, 0.717) is 5.75 Å². The van der Waals surface area contributed by atoms with Crippen LogP contribution in [0.3, 0.4) is 0 Å². The van der Waals surface area contributed by atoms with Crippen LogP contribution in [0.25, 0.3) is 0 Å². The maximum Gasteiger partial charge on any atom is 0.183 e. The molecule has 0 saturated heterocycles. The molecule has 0 aliphatic rings. The van der Waals surface area contributed by atoms with Crippen molar-refractivity contribution in [1.29, 1.82) is 0 Å². The Hall–Kier alpha value is -1.07. The van der Waals surface area contributed by atoms with Crippen LogP contribution in [-0.4, -0.2) is 27.3 Å². The molecule has 0 aromatic heterocycles. The first kappa shape index (κ1) is 17.0. The van der Waals surface area contributed by atoms with Gasteiger partial charge in [0.05, 0.1) is 12.9 Å². The predicted octanol–water partition coefficient (Wildman–Crippen LogP) is 2.46. The van der Waals surface area contributed by atoms with Crippen molar-refractivity contribution in [1.82, 2.24) is 0 Å². The van der Waals surface area contributed by atoms with Crippen molar-refractivity contribution in [3.63, 3.8) is 0 Å². The van der Waals surface area contributed by atoms with E-state index in [4.69, 9.17) is 10.5 Å². The molecule has 114 valence electrons. The molecule has 0 saturated carbocycles. The molecule has 0 radical (unpaired) electrons. The second-order valence-corrected chi connectivity index (χ2v) is 8.34. The summed E-state index contributed by atoms with van der Waals surface area (Å²) in [5.41, 5.74) is 7.68. The van der Waals surface area contributed by atoms with Gasteiger partial charge in [-0.25, -0.2) is 8.42 Å². The van der Waals surface area contributed by atoms with Gasteiger partial charge >= 0.3 is 0 Å². The molecule has 1 aromatic rings. The van der Waals surface area contributed by atoms with Crippen LogP contribution in [0.5, 0.6) is 5.75 Å². The summed E-state index contributed by atoms with van der Waals surface area (Å²) in [6, 6.07) is 2.99. The van der Waals surface area contributed by atoms with Crippen molar-refractivity contribution < 1.29 is 13.2 Å². The molecule has 4 nitrogen and oxygen atoms in total. The van der Waals surface area contributed by atoms with Crippen LogP contribution in [0.2, 0.25) is 0 Å². The zero-order chi connectivity index (χ0) is 15.7. The Morgan fingerprint density at radius 2 is 1.70 bits per heavy atom. The number of ether oxygens (including phenoxy) is 1. The molecule has 0 aliphatic heterocycles. The maximum atomic E-state index is 12.6. The minimum Gasteiger partial charge on any atom is -0.495 e. The van der Waals surface area contributed by atoms with Gasteiger partial charge in [0.1, 0.15) is 10.6 Å². The lowest BCUT2D eigenvalue weighted by Crippen LogP contribution is -2.41. The Kier molecular flexibility index (Phi) is 4.87. The smallest absolute Gasteiger partial charge is 0.183 e. The second-order valence-electron chi connectivity index (χ2n) is 6.34. The molecule has 1 atom stereocenters. The lowest BCUT2D eigenvalue weighted by molar-refractivity contribution is 0.340. The number of benzene rings is 1. The third kappa shape index (κ3) is 3.73. The first-order valence-corrected chi connectivity index (χ1v) is 8.28. The van der Waals surface area contributed by atoms with Crippen molar-refractivity contribution in [2.45, 2.75) is 45.6 Å². The number of aryl methyl sites for hydroxylation is 2. The van der Waals surface area contributed by atoms with E-state index in [1.54, 1.807) is 12.1 Å². The molecule has 0 heterocycles. The molecule has 20 heavy (non-hydrogen) atoms. The van der Waals surface area contributed by atoms with Gasteiger partial charge in [-0.15, -0.1) is 0 Å². The van der Waals surface area contributed by atoms with Crippen LogP contribution in [0.4, 0.5) is 0 Å². The van der Waals surface area contributed by atoms with Crippen LogP contribution in [0.1, 0.15) is 31.9 Å². The van der Waals surface area contributed by atoms with E-state index in [2.05, 4.69) is 0 Å². The Bertz CT molecular complexity index is 586. The van der Waals surface area contributed by atoms with Gasteiger partial charge in [-0.2, -0.15) is 0 Å². The maximum absolute atomic E-state index is 12.6. The Morgan fingerprint density at radius 1 is 1.20 bits per heavy atom. The summed E-state index contributed by atoms with van der Waals surface area (Å²) in [6.07, 6.45) is 0. The highest BCUT2D eigenvalue weighted by molar-refractivity contribution is 7.91. The van der Waals surface area contributed by atoms with Gasteiger partial charge in [-0.3, -0.25) is 0 Å². The fraction of sp³-hybridized carbons (Fsp3) is 0.600. The summed E-state index contributed by atoms with van der Waals surface area (Å²) in [6.45, 7) is 9.62. The van der Waals surface area contributed by atoms with Crippen molar-refractivity contribution in [2.75, 3.05) is 12.9 Å². The van der Waals surface area contributed by atoms with E-state index in [9.17, 15) is 8.42 Å². The fourth-order valence-electron chi connectivity index (χ4n) is 1.74. The second kappa shape index (κ2) is 5.74. The summed E-state index contributed by atoms with van der Waals surface area (Å²) < 4.78 is 30.4. The Morgan fingerprint density at radius 3 is 2.15 bits per heavy atom. The van der Waals surface area contributed by atoms with E-state index in [0.717, 1.165) is 11.1 Å². The van der Waals surface area contributed by atoms with Crippen molar-refractivity contribution >= 4 is 9.84 Å². The van der Waals surface area contributed by atoms with Gasteiger partial charge in [0.15, 0.2) is 9.84 Å². The molecule has 5 heteroatoms. The number of rotatable bonds is 4. The minimum atomic E-state index is -3.47. The number of hydrogen-bond donors (Lipinski definition) is 1. The van der Waals surface area contributed by atoms with Gasteiger partial charge in [-0.1, -0.05) is 20.8 Å². The highest BCUT2D eigenvalue weighted by atomic mass is 32.2. The first-order chi connectivity index (χ1) is 8.99. The lowest BCUT2D eigenvalue weighted by Gasteiger charge is -2.27. The molecule has 1 unspecified atom stereocenters. The van der Waals surface area contributed by atoms with E-state index >= 15 is 0 Å². The Balaban J connectivity index is 3.26. The molecule has 0 bridgehead atoms. The van der Waals surface area contributed by atoms with Crippen molar-refractivity contribution in [2.24, 2.45) is 11.1 Å². The van der Waals surface area contributed by atoms with E-state index in [1.807, 2.05) is 34.6 Å². The predicted molar refractivity (Wildman–Crippen MR) is 82.0 cm³/mol. The number of sulfone groups is 1. The number of hydrogen-bond acceptors (Lipinski definition) is 4. The standard InChI is InChI=1S/C15H25NO3S/c1-10-7-12(19-6)13(8-11(10)2)20(17,18)9-14(16)15(3,4)5/h7-8,14H,9,16H2,1-6H3. The van der Waals surface area contributed by atoms with E-state index < -0.39 is 15.9 Å². The van der Waals surface area contributed by atoms with E-state index in [-0.39, 0.29) is 16.1 Å². The van der Waals surface area contributed by atoms with Gasteiger partial charge < -0.3 is 10.5 Å². The van der Waals surface area contributed by atoms with Crippen LogP contribution >= 0.6 is 0 Å². The van der Waals surface area contributed by atoms with Crippen LogP contribution in [0.15, 0.2) is 17.0 Å². The van der Waals surface area contributed by atoms with Gasteiger partial charge in [0.2, 0.25) is 0 Å². The lowest BCUT2D eigenvalue weighted by atomic mass is 9.89. The molecular weight excluding hydrogens is 274 g/mol. The minimum absolute atomic E-state index is 0.0879. The molecular formula is C15H25NO3S. The van der Waals surface area contributed by atoms with Gasteiger partial charge in [0, 0.05) is 6.04 Å². The summed E-state index contributed by atoms with van der Waals surface area (Å²) in [5, 5.41) is 0. The molecule has 0 spiro atoms. The molecule has 0 aliphatic carbocycles. The summed E-state index contributed by atoms with van der Waals surface area (Å²) >= 11 is 0. The SMILES string of the molecule is COc1cc(C)c(C)cc1S(=O)(=O)CC(N)C(C)(C)C. The molecule has 0 amide bonds. The zero-order valence-electron chi connectivity index (χ0n) is 13.1. The van der Waals surface area contributed by atoms with Crippen molar-refractivity contribution in [3.8, 4) is 5.75 Å². The van der Waals surface area contributed by atoms with Crippen LogP contribution in [0, 0.1) is 19.3 Å². The third-order valence-electron chi connectivity index (χ3n) is 3.63. The highest BCUT2D eigenvalue weighted by Crippen LogP contribution is 2.30. The normalized spacial score (nSPS) is 14.2. The van der Waals surface area contributed by atoms with Crippen LogP contribution < -0.4 is 10.5 Å². The van der Waals surface area contributed by atoms with Crippen LogP contribution in [-0.2, 0) is 9.84 Å². The summed E-state index contributed by atoms with van der Waals surface area (Å²) in [4.78, 5) is 0.225. The molecule has 0 fully saturated rings. The summed E-state index contributed by atoms with van der Waals surface area (Å²) in [5.74, 6) is 0.296. The molecule has 1 rings (SSSR count). The highest BCUT2D eigenvalue weighted by Gasteiger charge is 2.29. The van der Waals surface area contributed by atoms with Crippen molar-refractivity contribution in [3.05, 3.63) is 23.3 Å². The zero-order valence-corrected chi connectivity index (χ0v) is 14.0. The monoisotopic (exact) mass is 299 g/mol. The number of nitrogens with two attached hydrogens (primary N) is 1. The van der Waals surface area contributed by atoms with Gasteiger partial charge in [-0.05, 0) is 42.5 Å². The first-order valence-electron chi connectivity index (χ1n) is 6.62.